The molecule has 14 heavy (non-hydrogen) atoms. The molecule has 0 fully saturated rings. The smallest absolute Gasteiger partial charge is 0.0224 e. The molecular weight excluding hydrogens is 168 g/mol. The lowest BCUT2D eigenvalue weighted by Crippen LogP contribution is -2.17. The Hall–Kier alpha value is -0.260. The van der Waals surface area contributed by atoms with E-state index in [0.29, 0.717) is 10.8 Å². The van der Waals surface area contributed by atoms with Gasteiger partial charge in [-0.2, -0.15) is 0 Å². The Morgan fingerprint density at radius 1 is 0.857 bits per heavy atom. The first-order valence-electron chi connectivity index (χ1n) is 5.77. The van der Waals surface area contributed by atoms with Crippen LogP contribution >= 0.6 is 0 Å². The van der Waals surface area contributed by atoms with Crippen LogP contribution in [0.2, 0.25) is 0 Å². The molecule has 0 heterocycles. The van der Waals surface area contributed by atoms with E-state index in [-0.39, 0.29) is 0 Å². The average molecular weight is 196 g/mol. The highest BCUT2D eigenvalue weighted by molar-refractivity contribution is 4.90. The molecule has 0 aromatic heterocycles. The highest BCUT2D eigenvalue weighted by Crippen LogP contribution is 2.33. The monoisotopic (exact) mass is 196 g/mol. The van der Waals surface area contributed by atoms with Crippen molar-refractivity contribution >= 4 is 0 Å². The van der Waals surface area contributed by atoms with Crippen LogP contribution < -0.4 is 0 Å². The quantitative estimate of drug-likeness (QED) is 0.554. The van der Waals surface area contributed by atoms with Gasteiger partial charge in [0.1, 0.15) is 0 Å². The zero-order valence-corrected chi connectivity index (χ0v) is 11.1. The van der Waals surface area contributed by atoms with Gasteiger partial charge in [-0.3, -0.25) is 0 Å². The van der Waals surface area contributed by atoms with Crippen LogP contribution in [0.5, 0.6) is 0 Å². The van der Waals surface area contributed by atoms with Crippen molar-refractivity contribution in [2.24, 2.45) is 16.7 Å². The highest BCUT2D eigenvalue weighted by atomic mass is 14.3. The molecule has 0 rings (SSSR count). The van der Waals surface area contributed by atoms with Gasteiger partial charge in [-0.1, -0.05) is 53.7 Å². The molecule has 0 saturated heterocycles. The summed E-state index contributed by atoms with van der Waals surface area (Å²) < 4.78 is 0. The van der Waals surface area contributed by atoms with Gasteiger partial charge in [0.25, 0.3) is 0 Å². The van der Waals surface area contributed by atoms with E-state index in [2.05, 4.69) is 60.6 Å². The Morgan fingerprint density at radius 2 is 1.21 bits per heavy atom. The lowest BCUT2D eigenvalue weighted by molar-refractivity contribution is 0.252. The first-order chi connectivity index (χ1) is 6.14. The van der Waals surface area contributed by atoms with Crippen LogP contribution in [0.1, 0.15) is 61.3 Å². The molecule has 0 aliphatic carbocycles. The fourth-order valence-corrected chi connectivity index (χ4v) is 2.05. The highest BCUT2D eigenvalue weighted by Gasteiger charge is 2.21. The Labute approximate surface area is 90.8 Å². The van der Waals surface area contributed by atoms with Gasteiger partial charge in [0.15, 0.2) is 0 Å². The van der Waals surface area contributed by atoms with Crippen molar-refractivity contribution in [1.82, 2.24) is 0 Å². The van der Waals surface area contributed by atoms with E-state index in [9.17, 15) is 0 Å². The molecule has 0 aromatic rings. The molecule has 0 saturated carbocycles. The molecule has 0 aliphatic rings. The number of hydrogen-bond donors (Lipinski definition) is 0. The van der Waals surface area contributed by atoms with E-state index in [1.807, 2.05) is 0 Å². The van der Waals surface area contributed by atoms with Crippen LogP contribution in [0.3, 0.4) is 0 Å². The van der Waals surface area contributed by atoms with Gasteiger partial charge in [-0.05, 0) is 36.5 Å². The van der Waals surface area contributed by atoms with Gasteiger partial charge in [0.05, 0.1) is 0 Å². The van der Waals surface area contributed by atoms with Crippen molar-refractivity contribution in [3.05, 3.63) is 12.2 Å². The fraction of sp³-hybridized carbons (Fsp3) is 0.857. The van der Waals surface area contributed by atoms with Crippen molar-refractivity contribution in [1.29, 1.82) is 0 Å². The molecule has 0 bridgehead atoms. The van der Waals surface area contributed by atoms with Gasteiger partial charge in [-0.15, -0.1) is 0 Å². The van der Waals surface area contributed by atoms with Crippen LogP contribution in [-0.4, -0.2) is 0 Å². The predicted molar refractivity (Wildman–Crippen MR) is 66.4 cm³/mol. The van der Waals surface area contributed by atoms with Gasteiger partial charge >= 0.3 is 0 Å². The average Bonchev–Trinajstić information content (AvgIpc) is 1.78. The van der Waals surface area contributed by atoms with E-state index in [0.717, 1.165) is 5.92 Å². The van der Waals surface area contributed by atoms with Crippen LogP contribution in [0.15, 0.2) is 12.2 Å². The Morgan fingerprint density at radius 3 is 1.43 bits per heavy atom. The minimum Gasteiger partial charge on any atom is -0.0914 e. The summed E-state index contributed by atoms with van der Waals surface area (Å²) in [5.41, 5.74) is 0.880. The summed E-state index contributed by atoms with van der Waals surface area (Å²) in [5.74, 6) is 0.736. The zero-order valence-electron chi connectivity index (χ0n) is 11.1. The van der Waals surface area contributed by atoms with E-state index < -0.39 is 0 Å². The maximum absolute atomic E-state index is 2.37. The second-order valence-corrected chi connectivity index (χ2v) is 6.82. The van der Waals surface area contributed by atoms with E-state index in [1.165, 1.54) is 12.8 Å². The molecular formula is C14H28. The summed E-state index contributed by atoms with van der Waals surface area (Å²) in [6.45, 7) is 16.1. The third kappa shape index (κ3) is 8.34. The predicted octanol–water partition coefficient (Wildman–Crippen LogP) is 5.05. The number of hydrogen-bond acceptors (Lipinski definition) is 0. The van der Waals surface area contributed by atoms with Crippen molar-refractivity contribution in [3.63, 3.8) is 0 Å². The van der Waals surface area contributed by atoms with E-state index >= 15 is 0 Å². The summed E-state index contributed by atoms with van der Waals surface area (Å²) in [7, 11) is 0. The van der Waals surface area contributed by atoms with Crippen molar-refractivity contribution in [2.45, 2.75) is 61.3 Å². The largest absolute Gasteiger partial charge is 0.0914 e. The summed E-state index contributed by atoms with van der Waals surface area (Å²) in [6.07, 6.45) is 7.14. The van der Waals surface area contributed by atoms with Crippen molar-refractivity contribution in [3.8, 4) is 0 Å². The molecule has 0 aliphatic heterocycles. The topological polar surface area (TPSA) is 0 Å². The van der Waals surface area contributed by atoms with Crippen molar-refractivity contribution in [2.75, 3.05) is 0 Å². The van der Waals surface area contributed by atoms with Crippen LogP contribution in [-0.2, 0) is 0 Å². The van der Waals surface area contributed by atoms with Crippen LogP contribution in [0.25, 0.3) is 0 Å². The second kappa shape index (κ2) is 5.00. The lowest BCUT2D eigenvalue weighted by atomic mass is 9.77. The maximum Gasteiger partial charge on any atom is -0.0224 e. The summed E-state index contributed by atoms with van der Waals surface area (Å²) in [4.78, 5) is 0. The van der Waals surface area contributed by atoms with Crippen molar-refractivity contribution < 1.29 is 0 Å². The lowest BCUT2D eigenvalue weighted by Gasteiger charge is -2.29. The third-order valence-electron chi connectivity index (χ3n) is 2.21. The van der Waals surface area contributed by atoms with Gasteiger partial charge in [-0.25, -0.2) is 0 Å². The molecule has 0 nitrogen and oxygen atoms in total. The Kier molecular flexibility index (Phi) is 4.91. The van der Waals surface area contributed by atoms with Gasteiger partial charge < -0.3 is 0 Å². The third-order valence-corrected chi connectivity index (χ3v) is 2.21. The SMILES string of the molecule is CC=CC(CC(C)(C)C)CC(C)(C)C. The first-order valence-corrected chi connectivity index (χ1v) is 5.77. The molecule has 0 spiro atoms. The molecule has 0 heteroatoms. The van der Waals surface area contributed by atoms with E-state index in [1.54, 1.807) is 0 Å². The zero-order chi connectivity index (χ0) is 11.4. The minimum absolute atomic E-state index is 0.440. The molecule has 84 valence electrons. The molecule has 0 amide bonds. The number of allylic oxidation sites excluding steroid dienone is 2. The Bertz CT molecular complexity index is 157. The van der Waals surface area contributed by atoms with Gasteiger partial charge in [0, 0.05) is 0 Å². The molecule has 0 unspecified atom stereocenters. The standard InChI is InChI=1S/C14H28/c1-8-9-12(10-13(2,3)4)11-14(5,6)7/h8-9,12H,10-11H2,1-7H3. The normalized spacial score (nSPS) is 14.3. The molecule has 0 radical (unpaired) electrons. The Balaban J connectivity index is 4.31. The summed E-state index contributed by atoms with van der Waals surface area (Å²) in [5, 5.41) is 0. The molecule has 0 aromatic carbocycles. The molecule has 0 atom stereocenters. The van der Waals surface area contributed by atoms with Crippen LogP contribution in [0, 0.1) is 16.7 Å². The minimum atomic E-state index is 0.440. The maximum atomic E-state index is 2.37. The first kappa shape index (κ1) is 13.7. The van der Waals surface area contributed by atoms with Crippen LogP contribution in [0.4, 0.5) is 0 Å². The summed E-state index contributed by atoms with van der Waals surface area (Å²) >= 11 is 0. The summed E-state index contributed by atoms with van der Waals surface area (Å²) in [6, 6.07) is 0. The fourth-order valence-electron chi connectivity index (χ4n) is 2.05. The van der Waals surface area contributed by atoms with E-state index in [4.69, 9.17) is 0 Å². The number of rotatable bonds is 3. The second-order valence-electron chi connectivity index (χ2n) is 6.82. The van der Waals surface area contributed by atoms with Gasteiger partial charge in [0.2, 0.25) is 0 Å². The molecule has 0 N–H and O–H groups in total.